The molecule has 8 nitrogen and oxygen atoms in total. The number of pyridine rings is 1. The minimum atomic E-state index is -0.685. The molecule has 0 aliphatic carbocycles. The van der Waals surface area contributed by atoms with Crippen molar-refractivity contribution in [3.63, 3.8) is 0 Å². The molecule has 0 radical (unpaired) electrons. The van der Waals surface area contributed by atoms with Gasteiger partial charge in [-0.05, 0) is 60.9 Å². The Bertz CT molecular complexity index is 1330. The molecular weight excluding hydrogens is 494 g/mol. The van der Waals surface area contributed by atoms with Crippen molar-refractivity contribution in [2.75, 3.05) is 39.4 Å². The van der Waals surface area contributed by atoms with Crippen molar-refractivity contribution in [3.8, 4) is 5.75 Å². The molecule has 39 heavy (non-hydrogen) atoms. The Hall–Kier alpha value is -4.01. The van der Waals surface area contributed by atoms with E-state index < -0.39 is 17.7 Å². The van der Waals surface area contributed by atoms with Crippen LogP contribution in [0.4, 0.5) is 0 Å². The Labute approximate surface area is 228 Å². The van der Waals surface area contributed by atoms with Crippen molar-refractivity contribution in [2.45, 2.75) is 26.0 Å². The molecule has 1 aromatic heterocycles. The summed E-state index contributed by atoms with van der Waals surface area (Å²) in [5.74, 6) is -0.836. The lowest BCUT2D eigenvalue weighted by atomic mass is 9.96. The first-order valence-electron chi connectivity index (χ1n) is 13.3. The van der Waals surface area contributed by atoms with E-state index in [4.69, 9.17) is 9.47 Å². The summed E-state index contributed by atoms with van der Waals surface area (Å²) < 4.78 is 11.3. The van der Waals surface area contributed by atoms with E-state index in [2.05, 4.69) is 16.0 Å². The summed E-state index contributed by atoms with van der Waals surface area (Å²) in [4.78, 5) is 34.4. The fourth-order valence-electron chi connectivity index (χ4n) is 5.13. The van der Waals surface area contributed by atoms with Crippen LogP contribution in [0.2, 0.25) is 0 Å². The van der Waals surface area contributed by atoms with Gasteiger partial charge in [-0.25, -0.2) is 0 Å². The molecule has 2 aliphatic heterocycles. The summed E-state index contributed by atoms with van der Waals surface area (Å²) in [6.07, 6.45) is 3.97. The van der Waals surface area contributed by atoms with Crippen LogP contribution >= 0.6 is 0 Å². The second kappa shape index (κ2) is 12.2. The zero-order chi connectivity index (χ0) is 27.2. The molecule has 3 aromatic rings. The number of aryl methyl sites for hydroxylation is 1. The third-order valence-electron chi connectivity index (χ3n) is 7.15. The van der Waals surface area contributed by atoms with Crippen molar-refractivity contribution >= 4 is 17.4 Å². The van der Waals surface area contributed by atoms with Crippen LogP contribution in [-0.4, -0.2) is 71.0 Å². The number of Topliss-reactive ketones (excluding diaryl/α,β-unsaturated/α-hetero) is 1. The highest BCUT2D eigenvalue weighted by Crippen LogP contribution is 2.39. The van der Waals surface area contributed by atoms with Gasteiger partial charge in [-0.3, -0.25) is 19.5 Å². The molecule has 0 unspecified atom stereocenters. The van der Waals surface area contributed by atoms with Crippen LogP contribution in [0.25, 0.3) is 5.76 Å². The maximum Gasteiger partial charge on any atom is 0.295 e. The second-order valence-corrected chi connectivity index (χ2v) is 9.88. The van der Waals surface area contributed by atoms with Crippen molar-refractivity contribution in [3.05, 3.63) is 101 Å². The van der Waals surface area contributed by atoms with Crippen molar-refractivity contribution in [2.24, 2.45) is 0 Å². The molecule has 0 bridgehead atoms. The molecule has 3 heterocycles. The summed E-state index contributed by atoms with van der Waals surface area (Å²) in [7, 11) is 0. The molecule has 2 aromatic carbocycles. The highest BCUT2D eigenvalue weighted by atomic mass is 16.5. The van der Waals surface area contributed by atoms with Crippen LogP contribution in [-0.2, 0) is 20.9 Å². The first-order chi connectivity index (χ1) is 19.0. The van der Waals surface area contributed by atoms with Gasteiger partial charge in [-0.15, -0.1) is 0 Å². The first-order valence-corrected chi connectivity index (χ1v) is 13.3. The van der Waals surface area contributed by atoms with Gasteiger partial charge in [-0.1, -0.05) is 29.8 Å². The van der Waals surface area contributed by atoms with E-state index in [-0.39, 0.29) is 11.3 Å². The lowest BCUT2D eigenvalue weighted by Crippen LogP contribution is -2.38. The molecular formula is C31H33N3O5. The number of aliphatic hydroxyl groups excluding tert-OH is 1. The second-order valence-electron chi connectivity index (χ2n) is 9.88. The average molecular weight is 528 g/mol. The van der Waals surface area contributed by atoms with E-state index in [1.54, 1.807) is 53.7 Å². The summed E-state index contributed by atoms with van der Waals surface area (Å²) in [6, 6.07) is 17.9. The van der Waals surface area contributed by atoms with E-state index in [0.717, 1.165) is 36.3 Å². The summed E-state index contributed by atoms with van der Waals surface area (Å²) in [6.45, 7) is 6.79. The maximum absolute atomic E-state index is 13.3. The third kappa shape index (κ3) is 6.19. The van der Waals surface area contributed by atoms with E-state index in [1.165, 1.54) is 0 Å². The molecule has 1 N–H and O–H groups in total. The minimum Gasteiger partial charge on any atom is -0.507 e. The standard InChI is InChI=1S/C31H33N3O5/c1-22-4-2-5-23(20-22)21-39-26-8-6-25(7-9-26)29(35)27-28(24-10-12-32-13-11-24)34(31(37)30(27)36)15-3-14-33-16-18-38-19-17-33/h2,4-13,20,28,35H,3,14-19,21H2,1H3/t28-/m0/s1. The van der Waals surface area contributed by atoms with Crippen LogP contribution in [0.1, 0.15) is 34.7 Å². The topological polar surface area (TPSA) is 92.2 Å². The number of carbonyl (C=O) groups is 2. The lowest BCUT2D eigenvalue weighted by Gasteiger charge is -2.29. The Morgan fingerprint density at radius 1 is 1.03 bits per heavy atom. The van der Waals surface area contributed by atoms with Crippen LogP contribution in [0.15, 0.2) is 78.6 Å². The molecule has 0 saturated carbocycles. The Kier molecular flexibility index (Phi) is 8.34. The minimum absolute atomic E-state index is 0.0889. The fourth-order valence-corrected chi connectivity index (χ4v) is 5.13. The number of hydrogen-bond acceptors (Lipinski definition) is 7. The van der Waals surface area contributed by atoms with E-state index in [1.807, 2.05) is 25.1 Å². The van der Waals surface area contributed by atoms with Gasteiger partial charge < -0.3 is 19.5 Å². The summed E-state index contributed by atoms with van der Waals surface area (Å²) in [5.41, 5.74) is 3.50. The largest absolute Gasteiger partial charge is 0.507 e. The number of rotatable bonds is 9. The number of benzene rings is 2. The maximum atomic E-state index is 13.3. The number of ketones is 1. The number of aliphatic hydroxyl groups is 1. The van der Waals surface area contributed by atoms with Gasteiger partial charge in [0.2, 0.25) is 0 Å². The van der Waals surface area contributed by atoms with Gasteiger partial charge in [0.25, 0.3) is 11.7 Å². The SMILES string of the molecule is Cc1cccc(COc2ccc(C(O)=C3C(=O)C(=O)N(CCCN4CCOCC4)[C@H]3c3ccncc3)cc2)c1. The number of ether oxygens (including phenoxy) is 2. The van der Waals surface area contributed by atoms with Gasteiger partial charge in [0.05, 0.1) is 24.8 Å². The van der Waals surface area contributed by atoms with Crippen molar-refractivity contribution < 1.29 is 24.2 Å². The highest BCUT2D eigenvalue weighted by Gasteiger charge is 2.45. The Morgan fingerprint density at radius 2 is 1.77 bits per heavy atom. The Morgan fingerprint density at radius 3 is 2.49 bits per heavy atom. The van der Waals surface area contributed by atoms with Gasteiger partial charge in [0.15, 0.2) is 0 Å². The molecule has 5 rings (SSSR count). The van der Waals surface area contributed by atoms with Crippen LogP contribution in [0.5, 0.6) is 5.75 Å². The number of carbonyl (C=O) groups excluding carboxylic acids is 2. The smallest absolute Gasteiger partial charge is 0.295 e. The number of morpholine rings is 1. The predicted molar refractivity (Wildman–Crippen MR) is 147 cm³/mol. The Balaban J connectivity index is 1.36. The van der Waals surface area contributed by atoms with Crippen LogP contribution in [0, 0.1) is 6.92 Å². The van der Waals surface area contributed by atoms with E-state index in [0.29, 0.717) is 44.1 Å². The number of likely N-dealkylation sites (tertiary alicyclic amines) is 1. The number of hydrogen-bond donors (Lipinski definition) is 1. The number of amides is 1. The quantitative estimate of drug-likeness (QED) is 0.254. The molecule has 0 spiro atoms. The fraction of sp³-hybridized carbons (Fsp3) is 0.323. The van der Waals surface area contributed by atoms with Gasteiger partial charge in [-0.2, -0.15) is 0 Å². The molecule has 2 fully saturated rings. The molecule has 1 amide bonds. The molecule has 2 aliphatic rings. The van der Waals surface area contributed by atoms with Crippen LogP contribution in [0.3, 0.4) is 0 Å². The lowest BCUT2D eigenvalue weighted by molar-refractivity contribution is -0.140. The summed E-state index contributed by atoms with van der Waals surface area (Å²) >= 11 is 0. The summed E-state index contributed by atoms with van der Waals surface area (Å²) in [5, 5.41) is 11.3. The van der Waals surface area contributed by atoms with Crippen molar-refractivity contribution in [1.29, 1.82) is 0 Å². The van der Waals surface area contributed by atoms with E-state index >= 15 is 0 Å². The third-order valence-corrected chi connectivity index (χ3v) is 7.15. The normalized spacial score (nSPS) is 19.4. The number of aromatic nitrogens is 1. The molecule has 2 saturated heterocycles. The van der Waals surface area contributed by atoms with E-state index in [9.17, 15) is 14.7 Å². The number of nitrogens with zero attached hydrogens (tertiary/aromatic N) is 3. The van der Waals surface area contributed by atoms with Gasteiger partial charge in [0, 0.05) is 44.1 Å². The monoisotopic (exact) mass is 527 g/mol. The molecule has 202 valence electrons. The zero-order valence-corrected chi connectivity index (χ0v) is 22.1. The molecule has 1 atom stereocenters. The van der Waals surface area contributed by atoms with Gasteiger partial charge >= 0.3 is 0 Å². The van der Waals surface area contributed by atoms with Gasteiger partial charge in [0.1, 0.15) is 18.1 Å². The highest BCUT2D eigenvalue weighted by molar-refractivity contribution is 6.46. The van der Waals surface area contributed by atoms with Crippen LogP contribution < -0.4 is 4.74 Å². The molecule has 8 heteroatoms. The average Bonchev–Trinajstić information content (AvgIpc) is 3.22. The first kappa shape index (κ1) is 26.6. The van der Waals surface area contributed by atoms with Crippen molar-refractivity contribution in [1.82, 2.24) is 14.8 Å². The zero-order valence-electron chi connectivity index (χ0n) is 22.1. The predicted octanol–water partition coefficient (Wildman–Crippen LogP) is 4.11.